The molecule has 7 heteroatoms. The first kappa shape index (κ1) is 18.3. The third kappa shape index (κ3) is 4.56. The average Bonchev–Trinajstić information content (AvgIpc) is 3.30. The molecule has 0 radical (unpaired) electrons. The summed E-state index contributed by atoms with van der Waals surface area (Å²) in [6.07, 6.45) is 5.94. The van der Waals surface area contributed by atoms with Crippen LogP contribution in [0, 0.1) is 0 Å². The highest BCUT2D eigenvalue weighted by Gasteiger charge is 2.24. The minimum Gasteiger partial charge on any atom is -0.478 e. The molecule has 4 rings (SSSR count). The van der Waals surface area contributed by atoms with Gasteiger partial charge >= 0.3 is 11.9 Å². The summed E-state index contributed by atoms with van der Waals surface area (Å²) in [5.74, 6) is -2.51. The molecule has 0 spiro atoms. The number of fused-ring (bicyclic) bond motifs is 3. The van der Waals surface area contributed by atoms with E-state index >= 15 is 0 Å². The van der Waals surface area contributed by atoms with E-state index in [1.807, 2.05) is 11.3 Å². The van der Waals surface area contributed by atoms with Crippen molar-refractivity contribution in [2.24, 2.45) is 0 Å². The van der Waals surface area contributed by atoms with E-state index in [-0.39, 0.29) is 0 Å². The Morgan fingerprint density at radius 3 is 2.62 bits per heavy atom. The quantitative estimate of drug-likeness (QED) is 0.609. The van der Waals surface area contributed by atoms with Crippen molar-refractivity contribution < 1.29 is 19.8 Å². The van der Waals surface area contributed by atoms with E-state index in [0.29, 0.717) is 18.2 Å². The van der Waals surface area contributed by atoms with Crippen molar-refractivity contribution in [3.63, 3.8) is 0 Å². The molecule has 3 N–H and O–H groups in total. The van der Waals surface area contributed by atoms with Crippen LogP contribution in [0.25, 0.3) is 11.3 Å². The Morgan fingerprint density at radius 2 is 1.96 bits per heavy atom. The predicted molar refractivity (Wildman–Crippen MR) is 99.5 cm³/mol. The maximum Gasteiger partial charge on any atom is 0.328 e. The van der Waals surface area contributed by atoms with Crippen LogP contribution in [0.2, 0.25) is 0 Å². The van der Waals surface area contributed by atoms with Crippen LogP contribution in [0.3, 0.4) is 0 Å². The number of aliphatic carboxylic acids is 2. The fraction of sp³-hybridized carbons (Fsp3) is 0.316. The number of aromatic nitrogens is 1. The largest absolute Gasteiger partial charge is 0.478 e. The Hall–Kier alpha value is -2.51. The van der Waals surface area contributed by atoms with E-state index in [9.17, 15) is 9.59 Å². The third-order valence-corrected chi connectivity index (χ3v) is 5.39. The van der Waals surface area contributed by atoms with Crippen LogP contribution in [0.15, 0.2) is 36.4 Å². The first-order valence-corrected chi connectivity index (χ1v) is 9.28. The van der Waals surface area contributed by atoms with E-state index in [1.165, 1.54) is 46.1 Å². The first-order valence-electron chi connectivity index (χ1n) is 8.47. The second-order valence-electron chi connectivity index (χ2n) is 6.22. The highest BCUT2D eigenvalue weighted by Crippen LogP contribution is 2.39. The van der Waals surface area contributed by atoms with Crippen LogP contribution >= 0.6 is 11.3 Å². The fourth-order valence-corrected chi connectivity index (χ4v) is 4.37. The number of hydrogen-bond acceptors (Lipinski definition) is 5. The standard InChI is InChI=1S/C15H16N2S.C4H4O4/c1-2-6-12-10(4-1)8-13-15(12)17-14(18-13)9-11-5-3-7-16-11;5-3(6)1-2-4(7)8/h1-2,4,6,11,16H,3,5,7-9H2;1-2H,(H,5,6)(H,7,8). The molecule has 1 saturated heterocycles. The highest BCUT2D eigenvalue weighted by atomic mass is 32.1. The average molecular weight is 372 g/mol. The van der Waals surface area contributed by atoms with E-state index in [2.05, 4.69) is 29.6 Å². The molecule has 0 saturated carbocycles. The first-order chi connectivity index (χ1) is 12.5. The Morgan fingerprint density at radius 1 is 1.23 bits per heavy atom. The molecule has 2 aliphatic rings. The summed E-state index contributed by atoms with van der Waals surface area (Å²) >= 11 is 1.91. The molecule has 0 bridgehead atoms. The molecule has 1 aromatic heterocycles. The molecule has 6 nitrogen and oxygen atoms in total. The summed E-state index contributed by atoms with van der Waals surface area (Å²) < 4.78 is 0. The third-order valence-electron chi connectivity index (χ3n) is 4.32. The van der Waals surface area contributed by atoms with Crippen LogP contribution in [0.5, 0.6) is 0 Å². The number of nitrogens with one attached hydrogen (secondary N) is 1. The van der Waals surface area contributed by atoms with Gasteiger partial charge in [0.1, 0.15) is 0 Å². The molecule has 0 amide bonds. The topological polar surface area (TPSA) is 99.5 Å². The number of nitrogens with zero attached hydrogens (tertiary/aromatic N) is 1. The smallest absolute Gasteiger partial charge is 0.328 e. The van der Waals surface area contributed by atoms with Crippen LogP contribution in [-0.2, 0) is 22.4 Å². The second kappa shape index (κ2) is 8.25. The lowest BCUT2D eigenvalue weighted by Gasteiger charge is -2.06. The summed E-state index contributed by atoms with van der Waals surface area (Å²) in [5, 5.41) is 20.5. The molecule has 2 heterocycles. The number of carbonyl (C=O) groups is 2. The van der Waals surface area contributed by atoms with Gasteiger partial charge < -0.3 is 15.5 Å². The van der Waals surface area contributed by atoms with Crippen molar-refractivity contribution in [3.05, 3.63) is 51.9 Å². The van der Waals surface area contributed by atoms with Crippen LogP contribution < -0.4 is 5.32 Å². The van der Waals surface area contributed by atoms with Gasteiger partial charge in [-0.15, -0.1) is 11.3 Å². The van der Waals surface area contributed by atoms with Gasteiger partial charge in [0.25, 0.3) is 0 Å². The lowest BCUT2D eigenvalue weighted by molar-refractivity contribution is -0.134. The molecule has 2 aromatic rings. The maximum atomic E-state index is 9.55. The van der Waals surface area contributed by atoms with Crippen LogP contribution in [0.4, 0.5) is 0 Å². The number of hydrogen-bond donors (Lipinski definition) is 3. The molecule has 1 aromatic carbocycles. The number of carboxylic acids is 2. The van der Waals surface area contributed by atoms with Crippen LogP contribution in [-0.4, -0.2) is 39.7 Å². The predicted octanol–water partition coefficient (Wildman–Crippen LogP) is 2.72. The monoisotopic (exact) mass is 372 g/mol. The number of thiazole rings is 1. The zero-order chi connectivity index (χ0) is 18.5. The van der Waals surface area contributed by atoms with Crippen molar-refractivity contribution in [2.75, 3.05) is 6.54 Å². The lowest BCUT2D eigenvalue weighted by atomic mass is 10.1. The van der Waals surface area contributed by atoms with Gasteiger partial charge in [-0.05, 0) is 24.9 Å². The lowest BCUT2D eigenvalue weighted by Crippen LogP contribution is -2.23. The molecule has 136 valence electrons. The van der Waals surface area contributed by atoms with E-state index in [1.54, 1.807) is 0 Å². The molecule has 1 fully saturated rings. The van der Waals surface area contributed by atoms with Crippen molar-refractivity contribution in [1.82, 2.24) is 10.3 Å². The molecule has 1 unspecified atom stereocenters. The van der Waals surface area contributed by atoms with Crippen molar-refractivity contribution >= 4 is 23.3 Å². The van der Waals surface area contributed by atoms with Gasteiger partial charge in [0.05, 0.1) is 10.7 Å². The Labute approximate surface area is 155 Å². The molecular formula is C19H20N2O4S. The van der Waals surface area contributed by atoms with E-state index in [0.717, 1.165) is 12.8 Å². The maximum absolute atomic E-state index is 9.55. The van der Waals surface area contributed by atoms with Gasteiger partial charge in [-0.25, -0.2) is 14.6 Å². The van der Waals surface area contributed by atoms with Crippen molar-refractivity contribution in [3.8, 4) is 11.3 Å². The minimum atomic E-state index is -1.26. The molecule has 1 aliphatic carbocycles. The van der Waals surface area contributed by atoms with Gasteiger partial charge in [-0.1, -0.05) is 24.3 Å². The number of benzene rings is 1. The van der Waals surface area contributed by atoms with Gasteiger partial charge in [0.2, 0.25) is 0 Å². The summed E-state index contributed by atoms with van der Waals surface area (Å²) in [6, 6.07) is 9.33. The van der Waals surface area contributed by atoms with Crippen molar-refractivity contribution in [2.45, 2.75) is 31.7 Å². The zero-order valence-corrected chi connectivity index (χ0v) is 15.0. The number of rotatable bonds is 4. The summed E-state index contributed by atoms with van der Waals surface area (Å²) in [5.41, 5.74) is 4.05. The minimum absolute atomic E-state index is 0.558. The second-order valence-corrected chi connectivity index (χ2v) is 7.39. The van der Waals surface area contributed by atoms with Gasteiger partial charge in [-0.3, -0.25) is 0 Å². The van der Waals surface area contributed by atoms with Crippen LogP contribution in [0.1, 0.15) is 28.3 Å². The normalized spacial score (nSPS) is 17.5. The fourth-order valence-electron chi connectivity index (χ4n) is 3.18. The summed E-state index contributed by atoms with van der Waals surface area (Å²) in [7, 11) is 0. The highest BCUT2D eigenvalue weighted by molar-refractivity contribution is 7.12. The Kier molecular flexibility index (Phi) is 5.80. The summed E-state index contributed by atoms with van der Waals surface area (Å²) in [6.45, 7) is 1.18. The van der Waals surface area contributed by atoms with E-state index < -0.39 is 11.9 Å². The molecule has 1 atom stereocenters. The molecule has 26 heavy (non-hydrogen) atoms. The van der Waals surface area contributed by atoms with Gasteiger partial charge in [0, 0.05) is 41.5 Å². The Bertz CT molecular complexity index is 822. The molecular weight excluding hydrogens is 352 g/mol. The van der Waals surface area contributed by atoms with Crippen molar-refractivity contribution in [1.29, 1.82) is 0 Å². The SMILES string of the molecule is O=C(O)C=CC(=O)O.c1ccc2c(c1)Cc1sc(CC3CCCN3)nc1-2. The number of carboxylic acid groups (broad SMARTS) is 2. The zero-order valence-electron chi connectivity index (χ0n) is 14.1. The van der Waals surface area contributed by atoms with Gasteiger partial charge in [0.15, 0.2) is 0 Å². The summed E-state index contributed by atoms with van der Waals surface area (Å²) in [4.78, 5) is 25.4. The Balaban J connectivity index is 0.000000211. The van der Waals surface area contributed by atoms with E-state index in [4.69, 9.17) is 15.2 Å². The van der Waals surface area contributed by atoms with Gasteiger partial charge in [-0.2, -0.15) is 0 Å². The molecule has 1 aliphatic heterocycles.